The highest BCUT2D eigenvalue weighted by Gasteiger charge is 2.12. The molecule has 0 unspecified atom stereocenters. The van der Waals surface area contributed by atoms with Gasteiger partial charge in [-0.2, -0.15) is 0 Å². The van der Waals surface area contributed by atoms with E-state index in [0.717, 1.165) is 33.4 Å². The molecule has 0 saturated carbocycles. The molecule has 3 nitrogen and oxygen atoms in total. The quantitative estimate of drug-likeness (QED) is 0.680. The van der Waals surface area contributed by atoms with Gasteiger partial charge in [-0.15, -0.1) is 0 Å². The molecule has 0 spiro atoms. The summed E-state index contributed by atoms with van der Waals surface area (Å²) in [6.07, 6.45) is 0. The summed E-state index contributed by atoms with van der Waals surface area (Å²) in [7, 11) is 0. The van der Waals surface area contributed by atoms with Gasteiger partial charge in [-0.1, -0.05) is 27.5 Å². The largest absolute Gasteiger partial charge is 0.399 e. The number of nitrogen functional groups attached to an aromatic ring is 1. The zero-order valence-corrected chi connectivity index (χ0v) is 13.2. The Morgan fingerprint density at radius 1 is 1.25 bits per heavy atom. The molecule has 0 aliphatic heterocycles. The highest BCUT2D eigenvalue weighted by Crippen LogP contribution is 2.29. The minimum Gasteiger partial charge on any atom is -0.399 e. The minimum absolute atomic E-state index is 0.621. The Morgan fingerprint density at radius 3 is 2.75 bits per heavy atom. The molecule has 0 amide bonds. The molecule has 0 saturated heterocycles. The maximum Gasteiger partial charge on any atom is 0.141 e. The van der Waals surface area contributed by atoms with Crippen LogP contribution in [0, 0.1) is 0 Å². The Balaban J connectivity index is 2.29. The van der Waals surface area contributed by atoms with Crippen molar-refractivity contribution in [3.63, 3.8) is 0 Å². The number of benzene rings is 2. The maximum absolute atomic E-state index is 6.09. The van der Waals surface area contributed by atoms with Crippen LogP contribution in [0.1, 0.15) is 6.92 Å². The molecule has 0 atom stereocenters. The van der Waals surface area contributed by atoms with E-state index in [0.29, 0.717) is 10.7 Å². The van der Waals surface area contributed by atoms with Crippen molar-refractivity contribution in [2.75, 3.05) is 5.73 Å². The van der Waals surface area contributed by atoms with Gasteiger partial charge in [0.1, 0.15) is 5.82 Å². The lowest BCUT2D eigenvalue weighted by atomic mass is 10.2. The lowest BCUT2D eigenvalue weighted by Gasteiger charge is -2.07. The summed E-state index contributed by atoms with van der Waals surface area (Å²) in [6, 6.07) is 11.6. The topological polar surface area (TPSA) is 43.8 Å². The fourth-order valence-corrected chi connectivity index (χ4v) is 2.98. The van der Waals surface area contributed by atoms with E-state index in [-0.39, 0.29) is 0 Å². The molecule has 1 heterocycles. The number of rotatable bonds is 2. The lowest BCUT2D eigenvalue weighted by molar-refractivity contribution is 0.796. The first-order valence-corrected chi connectivity index (χ1v) is 7.48. The van der Waals surface area contributed by atoms with E-state index in [1.165, 1.54) is 0 Å². The predicted octanol–water partition coefficient (Wildman–Crippen LogP) is 4.72. The summed E-state index contributed by atoms with van der Waals surface area (Å²) in [5, 5.41) is 0.621. The number of hydrogen-bond donors (Lipinski definition) is 1. The molecule has 2 aromatic carbocycles. The lowest BCUT2D eigenvalue weighted by Crippen LogP contribution is -1.98. The van der Waals surface area contributed by atoms with E-state index in [1.54, 1.807) is 6.07 Å². The fourth-order valence-electron chi connectivity index (χ4n) is 2.38. The fraction of sp³-hybridized carbons (Fsp3) is 0.133. The predicted molar refractivity (Wildman–Crippen MR) is 88.0 cm³/mol. The highest BCUT2D eigenvalue weighted by molar-refractivity contribution is 9.10. The van der Waals surface area contributed by atoms with E-state index >= 15 is 0 Å². The third-order valence-corrected chi connectivity index (χ3v) is 3.92. The van der Waals surface area contributed by atoms with Gasteiger partial charge in [-0.05, 0) is 43.3 Å². The number of imidazole rings is 1. The summed E-state index contributed by atoms with van der Waals surface area (Å²) >= 11 is 9.57. The van der Waals surface area contributed by atoms with Crippen LogP contribution in [-0.4, -0.2) is 9.55 Å². The number of halogens is 2. The standard InChI is InChI=1S/C15H13BrClN3/c1-2-20-14-4-3-10(16)7-13(14)19-15(20)9-5-11(17)8-12(18)6-9/h3-8H,2,18H2,1H3. The summed E-state index contributed by atoms with van der Waals surface area (Å²) in [4.78, 5) is 4.72. The molecular weight excluding hydrogens is 338 g/mol. The second kappa shape index (κ2) is 5.11. The van der Waals surface area contributed by atoms with Crippen LogP contribution in [0.5, 0.6) is 0 Å². The van der Waals surface area contributed by atoms with Crippen molar-refractivity contribution in [1.29, 1.82) is 0 Å². The zero-order valence-electron chi connectivity index (χ0n) is 10.9. The summed E-state index contributed by atoms with van der Waals surface area (Å²) in [5.74, 6) is 0.884. The molecular formula is C15H13BrClN3. The molecule has 102 valence electrons. The van der Waals surface area contributed by atoms with Crippen LogP contribution in [0.4, 0.5) is 5.69 Å². The van der Waals surface area contributed by atoms with Gasteiger partial charge < -0.3 is 10.3 Å². The Morgan fingerprint density at radius 2 is 2.05 bits per heavy atom. The number of hydrogen-bond acceptors (Lipinski definition) is 2. The van der Waals surface area contributed by atoms with Gasteiger partial charge in [0.15, 0.2) is 0 Å². The third-order valence-electron chi connectivity index (χ3n) is 3.20. The summed E-state index contributed by atoms with van der Waals surface area (Å²) < 4.78 is 3.18. The molecule has 0 aliphatic rings. The smallest absolute Gasteiger partial charge is 0.141 e. The number of nitrogens with two attached hydrogens (primary N) is 1. The monoisotopic (exact) mass is 349 g/mol. The Labute approximate surface area is 130 Å². The average Bonchev–Trinajstić information content (AvgIpc) is 2.75. The van der Waals surface area contributed by atoms with Gasteiger partial charge in [-0.25, -0.2) is 4.98 Å². The number of anilines is 1. The molecule has 3 aromatic rings. The van der Waals surface area contributed by atoms with Gasteiger partial charge in [0.2, 0.25) is 0 Å². The molecule has 0 bridgehead atoms. The summed E-state index contributed by atoms with van der Waals surface area (Å²) in [6.45, 7) is 2.93. The van der Waals surface area contributed by atoms with Crippen molar-refractivity contribution in [2.45, 2.75) is 13.5 Å². The van der Waals surface area contributed by atoms with Crippen LogP contribution in [0.25, 0.3) is 22.4 Å². The molecule has 3 rings (SSSR count). The second-order valence-corrected chi connectivity index (χ2v) is 5.94. The SMILES string of the molecule is CCn1c(-c2cc(N)cc(Cl)c2)nc2cc(Br)ccc21. The first kappa shape index (κ1) is 13.5. The average molecular weight is 351 g/mol. The van der Waals surface area contributed by atoms with E-state index in [9.17, 15) is 0 Å². The van der Waals surface area contributed by atoms with Crippen molar-refractivity contribution in [3.05, 3.63) is 45.9 Å². The Kier molecular flexibility index (Phi) is 3.44. The van der Waals surface area contributed by atoms with Crippen molar-refractivity contribution in [1.82, 2.24) is 9.55 Å². The molecule has 2 N–H and O–H groups in total. The number of nitrogens with zero attached hydrogens (tertiary/aromatic N) is 2. The van der Waals surface area contributed by atoms with Gasteiger partial charge in [-0.3, -0.25) is 0 Å². The van der Waals surface area contributed by atoms with E-state index in [2.05, 4.69) is 33.5 Å². The molecule has 5 heteroatoms. The molecule has 0 fully saturated rings. The zero-order chi connectivity index (χ0) is 14.3. The Hall–Kier alpha value is -1.52. The van der Waals surface area contributed by atoms with Crippen molar-refractivity contribution >= 4 is 44.3 Å². The van der Waals surface area contributed by atoms with Crippen LogP contribution in [-0.2, 0) is 6.54 Å². The first-order chi connectivity index (χ1) is 9.58. The molecule has 0 aliphatic carbocycles. The van der Waals surface area contributed by atoms with Gasteiger partial charge >= 0.3 is 0 Å². The maximum atomic E-state index is 6.09. The van der Waals surface area contributed by atoms with Crippen molar-refractivity contribution < 1.29 is 0 Å². The number of fused-ring (bicyclic) bond motifs is 1. The van der Waals surface area contributed by atoms with Crippen LogP contribution in [0.2, 0.25) is 5.02 Å². The van der Waals surface area contributed by atoms with E-state index in [4.69, 9.17) is 22.3 Å². The number of aryl methyl sites for hydroxylation is 1. The van der Waals surface area contributed by atoms with E-state index in [1.807, 2.05) is 24.3 Å². The van der Waals surface area contributed by atoms with Crippen molar-refractivity contribution in [3.8, 4) is 11.4 Å². The van der Waals surface area contributed by atoms with Crippen LogP contribution in [0.15, 0.2) is 40.9 Å². The second-order valence-electron chi connectivity index (χ2n) is 4.59. The normalized spacial score (nSPS) is 11.2. The van der Waals surface area contributed by atoms with Gasteiger partial charge in [0, 0.05) is 27.3 Å². The molecule has 20 heavy (non-hydrogen) atoms. The number of aromatic nitrogens is 2. The van der Waals surface area contributed by atoms with Crippen LogP contribution >= 0.6 is 27.5 Å². The van der Waals surface area contributed by atoms with Crippen molar-refractivity contribution in [2.24, 2.45) is 0 Å². The third kappa shape index (κ3) is 2.30. The van der Waals surface area contributed by atoms with Crippen LogP contribution in [0.3, 0.4) is 0 Å². The molecule has 1 aromatic heterocycles. The molecule has 0 radical (unpaired) electrons. The van der Waals surface area contributed by atoms with Gasteiger partial charge in [0.25, 0.3) is 0 Å². The highest BCUT2D eigenvalue weighted by atomic mass is 79.9. The van der Waals surface area contributed by atoms with Gasteiger partial charge in [0.05, 0.1) is 11.0 Å². The van der Waals surface area contributed by atoms with E-state index < -0.39 is 0 Å². The minimum atomic E-state index is 0.621. The van der Waals surface area contributed by atoms with Crippen LogP contribution < -0.4 is 5.73 Å². The first-order valence-electron chi connectivity index (χ1n) is 6.30. The Bertz CT molecular complexity index is 775. The summed E-state index contributed by atoms with van der Waals surface area (Å²) in [5.41, 5.74) is 9.51.